The average Bonchev–Trinajstić information content (AvgIpc) is 2.28. The Balaban J connectivity index is 2.07. The number of sulfonamides is 1. The Hall–Kier alpha value is -0.660. The second-order valence-electron chi connectivity index (χ2n) is 3.65. The molecule has 0 aliphatic carbocycles. The zero-order valence-electron chi connectivity index (χ0n) is 7.55. The molecule has 2 fully saturated rings. The van der Waals surface area contributed by atoms with E-state index in [0.717, 1.165) is 0 Å². The Labute approximate surface area is 82.1 Å². The molecular weight excluding hydrogens is 208 g/mol. The third kappa shape index (κ3) is 1.62. The monoisotopic (exact) mass is 220 g/mol. The van der Waals surface area contributed by atoms with Gasteiger partial charge in [-0.05, 0) is 0 Å². The molecular formula is C7H12N2O4S. The van der Waals surface area contributed by atoms with E-state index in [1.54, 1.807) is 4.90 Å². The Bertz CT molecular complexity index is 349. The molecule has 2 rings (SSSR count). The molecule has 1 atom stereocenters. The van der Waals surface area contributed by atoms with E-state index in [-0.39, 0.29) is 24.9 Å². The van der Waals surface area contributed by atoms with Crippen LogP contribution in [0.4, 0.5) is 0 Å². The smallest absolute Gasteiger partial charge is 0.224 e. The highest BCUT2D eigenvalue weighted by Gasteiger charge is 2.41. The van der Waals surface area contributed by atoms with Crippen molar-refractivity contribution in [3.05, 3.63) is 0 Å². The summed E-state index contributed by atoms with van der Waals surface area (Å²) in [5.41, 5.74) is 0. The van der Waals surface area contributed by atoms with Crippen LogP contribution in [0.25, 0.3) is 0 Å². The molecule has 0 radical (unpaired) electrons. The fourth-order valence-corrected chi connectivity index (χ4v) is 2.42. The van der Waals surface area contributed by atoms with E-state index in [2.05, 4.69) is 0 Å². The SMILES string of the molecule is NS(=O)(=O)C1CC(=O)N(C2COC2)C1. The van der Waals surface area contributed by atoms with Gasteiger partial charge in [-0.1, -0.05) is 0 Å². The Morgan fingerprint density at radius 1 is 1.43 bits per heavy atom. The highest BCUT2D eigenvalue weighted by Crippen LogP contribution is 2.22. The van der Waals surface area contributed by atoms with Crippen LogP contribution in [-0.4, -0.2) is 50.3 Å². The number of hydrogen-bond acceptors (Lipinski definition) is 4. The lowest BCUT2D eigenvalue weighted by molar-refractivity contribution is -0.139. The summed E-state index contributed by atoms with van der Waals surface area (Å²) in [5, 5.41) is 4.25. The van der Waals surface area contributed by atoms with Crippen molar-refractivity contribution in [1.82, 2.24) is 4.90 Å². The molecule has 0 saturated carbocycles. The van der Waals surface area contributed by atoms with E-state index < -0.39 is 15.3 Å². The first-order chi connectivity index (χ1) is 6.48. The Kier molecular flexibility index (Phi) is 2.24. The molecule has 2 aliphatic rings. The Morgan fingerprint density at radius 3 is 2.43 bits per heavy atom. The van der Waals surface area contributed by atoms with Gasteiger partial charge in [0.2, 0.25) is 15.9 Å². The van der Waals surface area contributed by atoms with Gasteiger partial charge >= 0.3 is 0 Å². The van der Waals surface area contributed by atoms with Crippen molar-refractivity contribution in [2.24, 2.45) is 5.14 Å². The number of nitrogens with two attached hydrogens (primary N) is 1. The van der Waals surface area contributed by atoms with Crippen molar-refractivity contribution in [3.8, 4) is 0 Å². The van der Waals surface area contributed by atoms with Crippen LogP contribution in [-0.2, 0) is 19.6 Å². The van der Waals surface area contributed by atoms with Gasteiger partial charge in [0.25, 0.3) is 0 Å². The fraction of sp³-hybridized carbons (Fsp3) is 0.857. The predicted octanol–water partition coefficient (Wildman–Crippen LogP) is -1.73. The minimum Gasteiger partial charge on any atom is -0.377 e. The molecule has 0 bridgehead atoms. The number of ether oxygens (including phenoxy) is 1. The molecule has 2 saturated heterocycles. The lowest BCUT2D eigenvalue weighted by Crippen LogP contribution is -2.50. The van der Waals surface area contributed by atoms with Crippen molar-refractivity contribution in [2.75, 3.05) is 19.8 Å². The van der Waals surface area contributed by atoms with Crippen molar-refractivity contribution in [1.29, 1.82) is 0 Å². The number of hydrogen-bond donors (Lipinski definition) is 1. The first kappa shape index (κ1) is 9.88. The molecule has 6 nitrogen and oxygen atoms in total. The molecule has 14 heavy (non-hydrogen) atoms. The first-order valence-corrected chi connectivity index (χ1v) is 5.98. The molecule has 2 aliphatic heterocycles. The van der Waals surface area contributed by atoms with Crippen molar-refractivity contribution < 1.29 is 17.9 Å². The molecule has 7 heteroatoms. The van der Waals surface area contributed by atoms with Gasteiger partial charge in [-0.3, -0.25) is 4.79 Å². The summed E-state index contributed by atoms with van der Waals surface area (Å²) in [6.45, 7) is 1.22. The topological polar surface area (TPSA) is 89.7 Å². The molecule has 1 unspecified atom stereocenters. The van der Waals surface area contributed by atoms with Crippen molar-refractivity contribution in [2.45, 2.75) is 17.7 Å². The van der Waals surface area contributed by atoms with Crippen LogP contribution in [0.5, 0.6) is 0 Å². The number of primary sulfonamides is 1. The fourth-order valence-electron chi connectivity index (χ4n) is 1.67. The minimum atomic E-state index is -3.59. The van der Waals surface area contributed by atoms with Gasteiger partial charge in [0.1, 0.15) is 5.25 Å². The molecule has 0 aromatic carbocycles. The summed E-state index contributed by atoms with van der Waals surface area (Å²) in [6, 6.07) is 0.0502. The van der Waals surface area contributed by atoms with Gasteiger partial charge in [0.05, 0.1) is 19.3 Å². The molecule has 0 aromatic heterocycles. The lowest BCUT2D eigenvalue weighted by Gasteiger charge is -2.34. The van der Waals surface area contributed by atoms with Gasteiger partial charge in [-0.2, -0.15) is 0 Å². The molecule has 0 aromatic rings. The molecule has 1 amide bonds. The van der Waals surface area contributed by atoms with Crippen LogP contribution in [0.3, 0.4) is 0 Å². The number of rotatable bonds is 2. The first-order valence-electron chi connectivity index (χ1n) is 4.37. The van der Waals surface area contributed by atoms with E-state index >= 15 is 0 Å². The lowest BCUT2D eigenvalue weighted by atomic mass is 10.2. The van der Waals surface area contributed by atoms with E-state index in [1.165, 1.54) is 0 Å². The maximum Gasteiger partial charge on any atom is 0.224 e. The maximum absolute atomic E-state index is 11.4. The van der Waals surface area contributed by atoms with Crippen LogP contribution in [0.1, 0.15) is 6.42 Å². The highest BCUT2D eigenvalue weighted by molar-refractivity contribution is 7.89. The van der Waals surface area contributed by atoms with Gasteiger partial charge in [-0.25, -0.2) is 13.6 Å². The van der Waals surface area contributed by atoms with Crippen molar-refractivity contribution >= 4 is 15.9 Å². The highest BCUT2D eigenvalue weighted by atomic mass is 32.2. The van der Waals surface area contributed by atoms with Gasteiger partial charge in [0.15, 0.2) is 0 Å². The van der Waals surface area contributed by atoms with Crippen LogP contribution in [0.15, 0.2) is 0 Å². The second kappa shape index (κ2) is 3.18. The average molecular weight is 220 g/mol. The third-order valence-electron chi connectivity index (χ3n) is 2.65. The van der Waals surface area contributed by atoms with E-state index in [9.17, 15) is 13.2 Å². The summed E-state index contributed by atoms with van der Waals surface area (Å²) in [5.74, 6) is -0.141. The Morgan fingerprint density at radius 2 is 2.07 bits per heavy atom. The molecule has 0 spiro atoms. The normalized spacial score (nSPS) is 29.4. The number of carbonyl (C=O) groups excluding carboxylic acids is 1. The number of amides is 1. The van der Waals surface area contributed by atoms with Gasteiger partial charge in [0, 0.05) is 13.0 Å². The largest absolute Gasteiger partial charge is 0.377 e. The van der Waals surface area contributed by atoms with E-state index in [0.29, 0.717) is 13.2 Å². The zero-order chi connectivity index (χ0) is 10.3. The summed E-state index contributed by atoms with van der Waals surface area (Å²) in [7, 11) is -3.59. The van der Waals surface area contributed by atoms with E-state index in [4.69, 9.17) is 9.88 Å². The standard InChI is InChI=1S/C7H12N2O4S/c8-14(11,12)6-1-7(10)9(2-6)5-3-13-4-5/h5-6H,1-4H2,(H2,8,11,12). The molecule has 80 valence electrons. The maximum atomic E-state index is 11.4. The number of nitrogens with zero attached hydrogens (tertiary/aromatic N) is 1. The summed E-state index contributed by atoms with van der Waals surface area (Å²) < 4.78 is 27.0. The van der Waals surface area contributed by atoms with Crippen LogP contribution in [0, 0.1) is 0 Å². The van der Waals surface area contributed by atoms with Crippen LogP contribution in [0.2, 0.25) is 0 Å². The number of likely N-dealkylation sites (tertiary alicyclic amines) is 1. The molecule has 2 heterocycles. The third-order valence-corrected chi connectivity index (χ3v) is 3.89. The minimum absolute atomic E-state index is 0.00926. The van der Waals surface area contributed by atoms with Crippen molar-refractivity contribution in [3.63, 3.8) is 0 Å². The summed E-state index contributed by atoms with van der Waals surface area (Å²) in [4.78, 5) is 13.0. The second-order valence-corrected chi connectivity index (χ2v) is 5.50. The van der Waals surface area contributed by atoms with Gasteiger partial charge < -0.3 is 9.64 Å². The van der Waals surface area contributed by atoms with Gasteiger partial charge in [-0.15, -0.1) is 0 Å². The predicted molar refractivity (Wildman–Crippen MR) is 47.8 cm³/mol. The number of carbonyl (C=O) groups is 1. The summed E-state index contributed by atoms with van der Waals surface area (Å²) >= 11 is 0. The van der Waals surface area contributed by atoms with Crippen LogP contribution < -0.4 is 5.14 Å². The van der Waals surface area contributed by atoms with E-state index in [1.807, 2.05) is 0 Å². The zero-order valence-corrected chi connectivity index (χ0v) is 8.37. The van der Waals surface area contributed by atoms with Crippen LogP contribution >= 0.6 is 0 Å². The quantitative estimate of drug-likeness (QED) is 0.599. The summed E-state index contributed by atoms with van der Waals surface area (Å²) in [6.07, 6.45) is 0.00926. The molecule has 2 N–H and O–H groups in total.